The van der Waals surface area contributed by atoms with Crippen molar-refractivity contribution >= 4 is 7.85 Å². The summed E-state index contributed by atoms with van der Waals surface area (Å²) < 4.78 is 0. The van der Waals surface area contributed by atoms with Gasteiger partial charge in [-0.05, 0) is 31.8 Å². The molecule has 3 heteroatoms. The topological polar surface area (TPSA) is 29.3 Å². The average molecular weight is 208 g/mol. The first-order valence-electron chi connectivity index (χ1n) is 5.82. The Balaban J connectivity index is 4.34. The van der Waals surface area contributed by atoms with Gasteiger partial charge in [0.05, 0.1) is 0 Å². The molecule has 86 valence electrons. The predicted octanol–water partition coefficient (Wildman–Crippen LogP) is 1.41. The summed E-state index contributed by atoms with van der Waals surface area (Å²) in [6.45, 7) is 13.2. The second-order valence-electron chi connectivity index (χ2n) is 4.09. The van der Waals surface area contributed by atoms with Gasteiger partial charge in [0.2, 0.25) is 0 Å². The van der Waals surface area contributed by atoms with Gasteiger partial charge in [-0.1, -0.05) is 25.2 Å². The van der Waals surface area contributed by atoms with Crippen LogP contribution in [0.2, 0.25) is 6.32 Å². The Kier molecular flexibility index (Phi) is 7.23. The third kappa shape index (κ3) is 5.07. The maximum absolute atomic E-state index is 5.61. The van der Waals surface area contributed by atoms with Crippen LogP contribution in [-0.2, 0) is 0 Å². The van der Waals surface area contributed by atoms with Crippen LogP contribution >= 0.6 is 0 Å². The van der Waals surface area contributed by atoms with Crippen molar-refractivity contribution < 1.29 is 0 Å². The van der Waals surface area contributed by atoms with Gasteiger partial charge >= 0.3 is 0 Å². The van der Waals surface area contributed by atoms with E-state index in [1.807, 2.05) is 0 Å². The summed E-state index contributed by atoms with van der Waals surface area (Å²) in [6.07, 6.45) is 3.18. The molecular weight excluding hydrogens is 183 g/mol. The fraction of sp³-hybridized carbons (Fsp3) is 0.667. The number of nitrogens with zero attached hydrogens (tertiary/aromatic N) is 1. The van der Waals surface area contributed by atoms with Gasteiger partial charge in [-0.2, -0.15) is 0 Å². The zero-order chi connectivity index (χ0) is 11.8. The third-order valence-corrected chi connectivity index (χ3v) is 2.98. The molecule has 0 aliphatic heterocycles. The molecule has 1 unspecified atom stereocenters. The second-order valence-corrected chi connectivity index (χ2v) is 4.09. The molecule has 2 nitrogen and oxygen atoms in total. The molecule has 1 atom stereocenters. The normalized spacial score (nSPS) is 13.7. The summed E-state index contributed by atoms with van der Waals surface area (Å²) in [4.78, 5) is 2.30. The van der Waals surface area contributed by atoms with E-state index < -0.39 is 0 Å². The number of rotatable bonds is 7. The molecule has 0 aliphatic rings. The molecule has 2 N–H and O–H groups in total. The van der Waals surface area contributed by atoms with Crippen LogP contribution in [0.5, 0.6) is 0 Å². The number of allylic oxidation sites excluding steroid dienone is 2. The van der Waals surface area contributed by atoms with E-state index in [0.717, 1.165) is 19.4 Å². The maximum atomic E-state index is 5.61. The van der Waals surface area contributed by atoms with E-state index in [4.69, 9.17) is 5.73 Å². The lowest BCUT2D eigenvalue weighted by molar-refractivity contribution is 0.321. The molecule has 0 heterocycles. The fourth-order valence-electron chi connectivity index (χ4n) is 1.52. The van der Waals surface area contributed by atoms with Crippen molar-refractivity contribution in [2.24, 2.45) is 11.7 Å². The molecular formula is C12H25BN2. The SMILES string of the molecule is BCC(=C)N(CCN)CC(C)C(C)=CC. The van der Waals surface area contributed by atoms with E-state index in [-0.39, 0.29) is 0 Å². The molecule has 0 saturated carbocycles. The van der Waals surface area contributed by atoms with Gasteiger partial charge in [0, 0.05) is 19.6 Å². The van der Waals surface area contributed by atoms with Crippen molar-refractivity contribution in [3.63, 3.8) is 0 Å². The van der Waals surface area contributed by atoms with E-state index in [1.54, 1.807) is 0 Å². The highest BCUT2D eigenvalue weighted by molar-refractivity contribution is 6.10. The van der Waals surface area contributed by atoms with Crippen molar-refractivity contribution in [3.05, 3.63) is 23.9 Å². The van der Waals surface area contributed by atoms with E-state index in [0.29, 0.717) is 12.5 Å². The zero-order valence-electron chi connectivity index (χ0n) is 10.7. The van der Waals surface area contributed by atoms with Crippen LogP contribution in [0, 0.1) is 5.92 Å². The van der Waals surface area contributed by atoms with Crippen LogP contribution in [0.15, 0.2) is 23.9 Å². The Morgan fingerprint density at radius 2 is 2.20 bits per heavy atom. The Morgan fingerprint density at radius 3 is 2.60 bits per heavy atom. The molecule has 0 aliphatic carbocycles. The van der Waals surface area contributed by atoms with Crippen LogP contribution < -0.4 is 5.73 Å². The van der Waals surface area contributed by atoms with Gasteiger partial charge < -0.3 is 10.6 Å². The standard InChI is InChI=1S/C12H25BN2/c1-5-10(2)11(3)9-15(7-6-14)12(4)8-13/h5,11H,4,6-9,13-14H2,1-3H3. The van der Waals surface area contributed by atoms with Crippen LogP contribution in [0.3, 0.4) is 0 Å². The quantitative estimate of drug-likeness (QED) is 0.506. The highest BCUT2D eigenvalue weighted by Crippen LogP contribution is 2.14. The van der Waals surface area contributed by atoms with Crippen molar-refractivity contribution in [3.8, 4) is 0 Å². The Labute approximate surface area is 95.6 Å². The first-order valence-corrected chi connectivity index (χ1v) is 5.82. The minimum Gasteiger partial charge on any atom is -0.374 e. The van der Waals surface area contributed by atoms with Crippen molar-refractivity contribution in [1.82, 2.24) is 4.90 Å². The molecule has 0 radical (unpaired) electrons. The lowest BCUT2D eigenvalue weighted by Crippen LogP contribution is -2.32. The maximum Gasteiger partial charge on any atom is 0.108 e. The summed E-state index contributed by atoms with van der Waals surface area (Å²) in [5.41, 5.74) is 8.23. The van der Waals surface area contributed by atoms with Gasteiger partial charge in [0.25, 0.3) is 0 Å². The summed E-state index contributed by atoms with van der Waals surface area (Å²) in [5.74, 6) is 0.574. The van der Waals surface area contributed by atoms with Crippen LogP contribution in [0.25, 0.3) is 0 Å². The number of nitrogens with two attached hydrogens (primary N) is 1. The summed E-state index contributed by atoms with van der Waals surface area (Å²) in [7, 11) is 2.14. The van der Waals surface area contributed by atoms with E-state index in [1.165, 1.54) is 11.3 Å². The lowest BCUT2D eigenvalue weighted by Gasteiger charge is -2.29. The van der Waals surface area contributed by atoms with Gasteiger partial charge in [-0.3, -0.25) is 0 Å². The molecule has 0 aromatic heterocycles. The first kappa shape index (κ1) is 14.3. The highest BCUT2D eigenvalue weighted by Gasteiger charge is 2.11. The van der Waals surface area contributed by atoms with E-state index >= 15 is 0 Å². The Bertz CT molecular complexity index is 224. The molecule has 0 rings (SSSR count). The van der Waals surface area contributed by atoms with E-state index in [2.05, 4.69) is 46.2 Å². The lowest BCUT2D eigenvalue weighted by atomic mass is 9.98. The summed E-state index contributed by atoms with van der Waals surface area (Å²) in [5, 5.41) is 0. The Morgan fingerprint density at radius 1 is 1.60 bits per heavy atom. The third-order valence-electron chi connectivity index (χ3n) is 2.98. The number of hydrogen-bond donors (Lipinski definition) is 1. The number of hydrogen-bond acceptors (Lipinski definition) is 2. The van der Waals surface area contributed by atoms with E-state index in [9.17, 15) is 0 Å². The van der Waals surface area contributed by atoms with Crippen molar-refractivity contribution in [2.75, 3.05) is 19.6 Å². The Hall–Kier alpha value is -0.695. The van der Waals surface area contributed by atoms with Crippen molar-refractivity contribution in [1.29, 1.82) is 0 Å². The van der Waals surface area contributed by atoms with Gasteiger partial charge in [-0.25, -0.2) is 0 Å². The van der Waals surface area contributed by atoms with Gasteiger partial charge in [0.15, 0.2) is 0 Å². The predicted molar refractivity (Wildman–Crippen MR) is 71.7 cm³/mol. The monoisotopic (exact) mass is 208 g/mol. The fourth-order valence-corrected chi connectivity index (χ4v) is 1.52. The minimum atomic E-state index is 0.574. The van der Waals surface area contributed by atoms with Crippen LogP contribution in [0.4, 0.5) is 0 Å². The molecule has 0 spiro atoms. The zero-order valence-corrected chi connectivity index (χ0v) is 10.7. The average Bonchev–Trinajstić information content (AvgIpc) is 2.26. The smallest absolute Gasteiger partial charge is 0.108 e. The molecule has 0 aromatic carbocycles. The molecule has 0 bridgehead atoms. The molecule has 0 amide bonds. The summed E-state index contributed by atoms with van der Waals surface area (Å²) >= 11 is 0. The first-order chi connectivity index (χ1) is 7.06. The minimum absolute atomic E-state index is 0.574. The highest BCUT2D eigenvalue weighted by atomic mass is 15.1. The van der Waals surface area contributed by atoms with Gasteiger partial charge in [0.1, 0.15) is 7.85 Å². The van der Waals surface area contributed by atoms with Crippen LogP contribution in [-0.4, -0.2) is 32.4 Å². The molecule has 15 heavy (non-hydrogen) atoms. The van der Waals surface area contributed by atoms with Crippen molar-refractivity contribution in [2.45, 2.75) is 27.1 Å². The van der Waals surface area contributed by atoms with Crippen LogP contribution in [0.1, 0.15) is 20.8 Å². The van der Waals surface area contributed by atoms with Gasteiger partial charge in [-0.15, -0.1) is 0 Å². The largest absolute Gasteiger partial charge is 0.374 e. The second kappa shape index (κ2) is 7.58. The summed E-state index contributed by atoms with van der Waals surface area (Å²) in [6, 6.07) is 0. The molecule has 0 fully saturated rings. The molecule has 0 aromatic rings. The molecule has 0 saturated heterocycles.